The van der Waals surface area contributed by atoms with Crippen molar-refractivity contribution in [3.05, 3.63) is 97.6 Å². The summed E-state index contributed by atoms with van der Waals surface area (Å²) in [6, 6.07) is 14.7. The zero-order chi connectivity index (χ0) is 24.0. The van der Waals surface area contributed by atoms with Crippen molar-refractivity contribution in [3.63, 3.8) is 0 Å². The number of aryl methyl sites for hydroxylation is 1. The molecule has 0 heterocycles. The minimum absolute atomic E-state index is 0.148. The van der Waals surface area contributed by atoms with Crippen molar-refractivity contribution in [1.29, 1.82) is 0 Å². The van der Waals surface area contributed by atoms with Crippen LogP contribution in [0.3, 0.4) is 0 Å². The lowest BCUT2D eigenvalue weighted by atomic mass is 10.1. The van der Waals surface area contributed by atoms with Gasteiger partial charge in [0.2, 0.25) is 5.75 Å². The van der Waals surface area contributed by atoms with Gasteiger partial charge in [-0.05, 0) is 48.9 Å². The number of ether oxygens (including phenoxy) is 2. The maximum absolute atomic E-state index is 12.1. The first-order valence-corrected chi connectivity index (χ1v) is 9.47. The van der Waals surface area contributed by atoms with Crippen LogP contribution in [0.2, 0.25) is 0 Å². The highest BCUT2D eigenvalue weighted by atomic mass is 16.6. The normalized spacial score (nSPS) is 10.6. The third kappa shape index (κ3) is 5.67. The van der Waals surface area contributed by atoms with Crippen molar-refractivity contribution in [2.24, 2.45) is 5.10 Å². The Labute approximate surface area is 187 Å². The summed E-state index contributed by atoms with van der Waals surface area (Å²) < 4.78 is 10.9. The lowest BCUT2D eigenvalue weighted by molar-refractivity contribution is -0.394. The molecule has 11 heteroatoms. The standard InChI is InChI=1S/C22H18N4O7/c1-14-3-6-16(7-4-14)22(27)24-23-13-15-5-9-20(21(11-15)32-2)33-19-10-8-17(25(28)29)12-18(19)26(30)31/h3-13H,1-2H3,(H,24,27)/b23-13+. The predicted octanol–water partition coefficient (Wildman–Crippen LogP) is 4.38. The molecule has 3 rings (SSSR count). The molecule has 168 valence electrons. The molecule has 3 aromatic rings. The van der Waals surface area contributed by atoms with Crippen molar-refractivity contribution < 1.29 is 24.1 Å². The third-order valence-electron chi connectivity index (χ3n) is 4.45. The van der Waals surface area contributed by atoms with E-state index in [2.05, 4.69) is 10.5 Å². The molecule has 1 N–H and O–H groups in total. The fourth-order valence-electron chi connectivity index (χ4n) is 2.75. The molecule has 0 aromatic heterocycles. The molecule has 0 aliphatic carbocycles. The highest BCUT2D eigenvalue weighted by molar-refractivity contribution is 5.94. The van der Waals surface area contributed by atoms with E-state index in [1.165, 1.54) is 19.4 Å². The molecule has 0 atom stereocenters. The number of nitro benzene ring substituents is 2. The fourth-order valence-corrected chi connectivity index (χ4v) is 2.75. The number of hydrazone groups is 1. The Morgan fingerprint density at radius 3 is 2.27 bits per heavy atom. The molecule has 11 nitrogen and oxygen atoms in total. The van der Waals surface area contributed by atoms with Gasteiger partial charge in [-0.2, -0.15) is 5.10 Å². The van der Waals surface area contributed by atoms with Gasteiger partial charge in [0.25, 0.3) is 11.6 Å². The Morgan fingerprint density at radius 1 is 0.939 bits per heavy atom. The summed E-state index contributed by atoms with van der Waals surface area (Å²) >= 11 is 0. The maximum atomic E-state index is 12.1. The average molecular weight is 450 g/mol. The molecule has 0 unspecified atom stereocenters. The van der Waals surface area contributed by atoms with Crippen LogP contribution in [0, 0.1) is 27.2 Å². The van der Waals surface area contributed by atoms with Crippen LogP contribution < -0.4 is 14.9 Å². The van der Waals surface area contributed by atoms with E-state index in [0.717, 1.165) is 23.8 Å². The quantitative estimate of drug-likeness (QED) is 0.304. The van der Waals surface area contributed by atoms with Crippen LogP contribution in [0.4, 0.5) is 11.4 Å². The fraction of sp³-hybridized carbons (Fsp3) is 0.0909. The number of hydrogen-bond acceptors (Lipinski definition) is 8. The third-order valence-corrected chi connectivity index (χ3v) is 4.45. The van der Waals surface area contributed by atoms with E-state index in [0.29, 0.717) is 11.1 Å². The highest BCUT2D eigenvalue weighted by Crippen LogP contribution is 2.38. The maximum Gasteiger partial charge on any atom is 0.318 e. The molecule has 0 bridgehead atoms. The molecule has 0 radical (unpaired) electrons. The number of methoxy groups -OCH3 is 1. The summed E-state index contributed by atoms with van der Waals surface area (Å²) in [5.74, 6) is -0.175. The lowest BCUT2D eigenvalue weighted by Crippen LogP contribution is -2.17. The smallest absolute Gasteiger partial charge is 0.318 e. The highest BCUT2D eigenvalue weighted by Gasteiger charge is 2.22. The van der Waals surface area contributed by atoms with Crippen LogP contribution >= 0.6 is 0 Å². The molecule has 0 saturated carbocycles. The van der Waals surface area contributed by atoms with E-state index in [9.17, 15) is 25.0 Å². The molecular formula is C22H18N4O7. The van der Waals surface area contributed by atoms with E-state index >= 15 is 0 Å². The number of nitro groups is 2. The van der Waals surface area contributed by atoms with Crippen LogP contribution in [-0.4, -0.2) is 29.1 Å². The summed E-state index contributed by atoms with van der Waals surface area (Å²) in [4.78, 5) is 32.8. The summed E-state index contributed by atoms with van der Waals surface area (Å²) in [7, 11) is 1.38. The number of hydrogen-bond donors (Lipinski definition) is 1. The first-order chi connectivity index (χ1) is 15.8. The minimum atomic E-state index is -0.771. The topological polar surface area (TPSA) is 146 Å². The van der Waals surface area contributed by atoms with E-state index in [1.807, 2.05) is 19.1 Å². The van der Waals surface area contributed by atoms with Gasteiger partial charge >= 0.3 is 5.69 Å². The van der Waals surface area contributed by atoms with Crippen LogP contribution in [0.25, 0.3) is 0 Å². The largest absolute Gasteiger partial charge is 0.493 e. The predicted molar refractivity (Wildman–Crippen MR) is 119 cm³/mol. The monoisotopic (exact) mass is 450 g/mol. The van der Waals surface area contributed by atoms with E-state index in [1.54, 1.807) is 24.3 Å². The van der Waals surface area contributed by atoms with Gasteiger partial charge in [0.05, 0.1) is 29.2 Å². The van der Waals surface area contributed by atoms with Crippen molar-refractivity contribution in [2.45, 2.75) is 6.92 Å². The first-order valence-electron chi connectivity index (χ1n) is 9.47. The number of nitrogens with zero attached hydrogens (tertiary/aromatic N) is 3. The minimum Gasteiger partial charge on any atom is -0.493 e. The van der Waals surface area contributed by atoms with E-state index < -0.39 is 21.2 Å². The van der Waals surface area contributed by atoms with Gasteiger partial charge in [0.1, 0.15) is 0 Å². The molecule has 0 spiro atoms. The number of carbonyl (C=O) groups is 1. The first kappa shape index (κ1) is 22.9. The summed E-state index contributed by atoms with van der Waals surface area (Å²) in [5, 5.41) is 26.1. The van der Waals surface area contributed by atoms with Gasteiger partial charge in [-0.25, -0.2) is 5.43 Å². The molecule has 0 aliphatic rings. The van der Waals surface area contributed by atoms with Gasteiger partial charge in [0, 0.05) is 11.6 Å². The second kappa shape index (κ2) is 10.0. The summed E-state index contributed by atoms with van der Waals surface area (Å²) in [6.07, 6.45) is 1.40. The number of rotatable bonds is 8. The van der Waals surface area contributed by atoms with Gasteiger partial charge < -0.3 is 9.47 Å². The van der Waals surface area contributed by atoms with Gasteiger partial charge in [-0.15, -0.1) is 0 Å². The number of nitrogens with one attached hydrogen (secondary N) is 1. The second-order valence-corrected chi connectivity index (χ2v) is 6.74. The zero-order valence-corrected chi connectivity index (χ0v) is 17.6. The second-order valence-electron chi connectivity index (χ2n) is 6.74. The molecule has 3 aromatic carbocycles. The summed E-state index contributed by atoms with van der Waals surface area (Å²) in [6.45, 7) is 1.92. The Balaban J connectivity index is 1.77. The van der Waals surface area contributed by atoms with Crippen molar-refractivity contribution in [1.82, 2.24) is 5.43 Å². The summed E-state index contributed by atoms with van der Waals surface area (Å²) in [5.41, 5.74) is 3.48. The molecular weight excluding hydrogens is 432 g/mol. The lowest BCUT2D eigenvalue weighted by Gasteiger charge is -2.11. The Morgan fingerprint density at radius 2 is 1.64 bits per heavy atom. The molecule has 0 aliphatic heterocycles. The van der Waals surface area contributed by atoms with Gasteiger partial charge in [-0.1, -0.05) is 17.7 Å². The Bertz CT molecular complexity index is 1240. The number of carbonyl (C=O) groups excluding carboxylic acids is 1. The van der Waals surface area contributed by atoms with E-state index in [-0.39, 0.29) is 23.2 Å². The molecule has 33 heavy (non-hydrogen) atoms. The van der Waals surface area contributed by atoms with Gasteiger partial charge in [0.15, 0.2) is 11.5 Å². The molecule has 0 saturated heterocycles. The Hall–Kier alpha value is -4.80. The van der Waals surface area contributed by atoms with E-state index in [4.69, 9.17) is 9.47 Å². The van der Waals surface area contributed by atoms with Crippen molar-refractivity contribution in [2.75, 3.05) is 7.11 Å². The molecule has 1 amide bonds. The van der Waals surface area contributed by atoms with Gasteiger partial charge in [-0.3, -0.25) is 25.0 Å². The Kier molecular flexibility index (Phi) is 6.94. The number of amides is 1. The SMILES string of the molecule is COc1cc(/C=N/NC(=O)c2ccc(C)cc2)ccc1Oc1ccc([N+](=O)[O-])cc1[N+](=O)[O-]. The average Bonchev–Trinajstić information content (AvgIpc) is 2.80. The van der Waals surface area contributed by atoms with Crippen LogP contribution in [0.15, 0.2) is 65.8 Å². The number of benzene rings is 3. The van der Waals surface area contributed by atoms with Crippen LogP contribution in [0.5, 0.6) is 17.2 Å². The molecule has 0 fully saturated rings. The van der Waals surface area contributed by atoms with Crippen LogP contribution in [0.1, 0.15) is 21.5 Å². The van der Waals surface area contributed by atoms with Crippen molar-refractivity contribution in [3.8, 4) is 17.2 Å². The number of non-ortho nitro benzene ring substituents is 1. The zero-order valence-electron chi connectivity index (χ0n) is 17.6. The van der Waals surface area contributed by atoms with Crippen molar-refractivity contribution >= 4 is 23.5 Å². The van der Waals surface area contributed by atoms with Crippen LogP contribution in [-0.2, 0) is 0 Å².